The summed E-state index contributed by atoms with van der Waals surface area (Å²) in [7, 11) is 1.31. The van der Waals surface area contributed by atoms with Gasteiger partial charge >= 0.3 is 6.18 Å². The third-order valence-electron chi connectivity index (χ3n) is 5.21. The summed E-state index contributed by atoms with van der Waals surface area (Å²) >= 11 is 1.11. The van der Waals surface area contributed by atoms with E-state index >= 15 is 0 Å². The summed E-state index contributed by atoms with van der Waals surface area (Å²) in [6.45, 7) is -0.551. The molecule has 12 heteroatoms. The summed E-state index contributed by atoms with van der Waals surface area (Å²) < 4.78 is 47.1. The van der Waals surface area contributed by atoms with E-state index in [2.05, 4.69) is 15.4 Å². The molecule has 0 bridgehead atoms. The maximum atomic E-state index is 13.6. The standard InChI is InChI=1S/C23H21F3N4O4S/c1-34-17-4-3-14(18(8-17)23(24,25)26)11-30-19-5-2-13(6-15(19)9-28-30)7-20-21(33)29-22(35-20)27-10-16(32)12-31/h2-9,16,31-32H,10-12H2,1H3,(H,27,29,33)/t16-/m1/s1. The summed E-state index contributed by atoms with van der Waals surface area (Å²) in [4.78, 5) is 16.7. The number of aromatic nitrogens is 2. The molecule has 1 atom stereocenters. The van der Waals surface area contributed by atoms with Crippen molar-refractivity contribution < 1.29 is 32.9 Å². The van der Waals surface area contributed by atoms with Crippen molar-refractivity contribution in [1.82, 2.24) is 15.1 Å². The number of aliphatic imine (C=N–C) groups is 1. The van der Waals surface area contributed by atoms with Gasteiger partial charge in [0.2, 0.25) is 0 Å². The summed E-state index contributed by atoms with van der Waals surface area (Å²) in [6.07, 6.45) is -2.33. The van der Waals surface area contributed by atoms with Crippen LogP contribution in [0, 0.1) is 0 Å². The second kappa shape index (κ2) is 10.1. The van der Waals surface area contributed by atoms with Crippen LogP contribution in [0.25, 0.3) is 17.0 Å². The minimum absolute atomic E-state index is 0.0399. The number of amides is 1. The average molecular weight is 507 g/mol. The second-order valence-corrected chi connectivity index (χ2v) is 8.72. The second-order valence-electron chi connectivity index (χ2n) is 7.69. The number of rotatable bonds is 7. The number of carbonyl (C=O) groups is 1. The Morgan fingerprint density at radius 3 is 2.80 bits per heavy atom. The molecule has 0 radical (unpaired) electrons. The maximum absolute atomic E-state index is 13.6. The quantitative estimate of drug-likeness (QED) is 0.425. The van der Waals surface area contributed by atoms with Crippen molar-refractivity contribution in [1.29, 1.82) is 0 Å². The van der Waals surface area contributed by atoms with Gasteiger partial charge in [-0.25, -0.2) is 0 Å². The number of hydrogen-bond donors (Lipinski definition) is 3. The van der Waals surface area contributed by atoms with Gasteiger partial charge in [-0.1, -0.05) is 12.1 Å². The van der Waals surface area contributed by atoms with E-state index in [4.69, 9.17) is 9.84 Å². The lowest BCUT2D eigenvalue weighted by molar-refractivity contribution is -0.138. The first-order chi connectivity index (χ1) is 16.7. The number of hydrogen-bond acceptors (Lipinski definition) is 7. The molecular formula is C23H21F3N4O4S. The van der Waals surface area contributed by atoms with Gasteiger partial charge in [0.05, 0.1) is 55.1 Å². The molecule has 0 spiro atoms. The highest BCUT2D eigenvalue weighted by atomic mass is 32.2. The Morgan fingerprint density at radius 2 is 2.09 bits per heavy atom. The molecule has 1 aromatic heterocycles. The first-order valence-corrected chi connectivity index (χ1v) is 11.2. The number of amidine groups is 1. The van der Waals surface area contributed by atoms with E-state index in [0.717, 1.165) is 17.8 Å². The van der Waals surface area contributed by atoms with Crippen LogP contribution in [0.15, 0.2) is 52.5 Å². The van der Waals surface area contributed by atoms with E-state index in [1.165, 1.54) is 23.9 Å². The molecule has 3 N–H and O–H groups in total. The van der Waals surface area contributed by atoms with Gasteiger partial charge in [0.25, 0.3) is 5.91 Å². The average Bonchev–Trinajstić information content (AvgIpc) is 3.39. The third-order valence-corrected chi connectivity index (χ3v) is 6.16. The molecule has 0 aliphatic carbocycles. The molecule has 1 fully saturated rings. The van der Waals surface area contributed by atoms with E-state index in [-0.39, 0.29) is 30.3 Å². The Balaban J connectivity index is 1.57. The molecule has 35 heavy (non-hydrogen) atoms. The SMILES string of the molecule is COc1ccc(Cn2ncc3cc(C=C4SC(=NC[C@@H](O)CO)NC4=O)ccc32)c(C(F)(F)F)c1. The number of nitrogens with one attached hydrogen (secondary N) is 1. The first kappa shape index (κ1) is 24.8. The van der Waals surface area contributed by atoms with Crippen LogP contribution in [0.5, 0.6) is 5.75 Å². The van der Waals surface area contributed by atoms with Crippen molar-refractivity contribution >= 4 is 39.8 Å². The van der Waals surface area contributed by atoms with E-state index < -0.39 is 24.5 Å². The summed E-state index contributed by atoms with van der Waals surface area (Å²) in [6, 6.07) is 9.08. The lowest BCUT2D eigenvalue weighted by atomic mass is 10.1. The summed E-state index contributed by atoms with van der Waals surface area (Å²) in [5.41, 5.74) is 0.619. The van der Waals surface area contributed by atoms with Crippen LogP contribution in [-0.4, -0.2) is 57.4 Å². The van der Waals surface area contributed by atoms with E-state index in [0.29, 0.717) is 26.5 Å². The largest absolute Gasteiger partial charge is 0.497 e. The monoisotopic (exact) mass is 506 g/mol. The van der Waals surface area contributed by atoms with E-state index in [1.807, 2.05) is 0 Å². The topological polar surface area (TPSA) is 109 Å². The fraction of sp³-hybridized carbons (Fsp3) is 0.261. The van der Waals surface area contributed by atoms with E-state index in [1.54, 1.807) is 30.5 Å². The molecule has 0 saturated carbocycles. The molecule has 4 rings (SSSR count). The van der Waals surface area contributed by atoms with Crippen LogP contribution < -0.4 is 10.1 Å². The Labute approximate surface area is 202 Å². The van der Waals surface area contributed by atoms with Crippen molar-refractivity contribution in [2.24, 2.45) is 4.99 Å². The highest BCUT2D eigenvalue weighted by Crippen LogP contribution is 2.35. The number of aliphatic hydroxyl groups is 2. The number of nitrogens with zero attached hydrogens (tertiary/aromatic N) is 3. The molecule has 2 aromatic carbocycles. The molecule has 8 nitrogen and oxygen atoms in total. The van der Waals surface area contributed by atoms with Gasteiger partial charge in [-0.2, -0.15) is 18.3 Å². The van der Waals surface area contributed by atoms with Crippen molar-refractivity contribution in [3.05, 3.63) is 64.2 Å². The first-order valence-electron chi connectivity index (χ1n) is 10.4. The number of fused-ring (bicyclic) bond motifs is 1. The van der Waals surface area contributed by atoms with Crippen LogP contribution in [-0.2, 0) is 17.5 Å². The zero-order valence-corrected chi connectivity index (χ0v) is 19.2. The molecule has 3 aromatic rings. The number of thioether (sulfide) groups is 1. The molecule has 1 saturated heterocycles. The van der Waals surface area contributed by atoms with Gasteiger partial charge in [-0.15, -0.1) is 0 Å². The fourth-order valence-electron chi connectivity index (χ4n) is 3.47. The molecule has 0 unspecified atom stereocenters. The minimum atomic E-state index is -4.54. The molecule has 1 aliphatic rings. The van der Waals surface area contributed by atoms with Crippen LogP contribution in [0.2, 0.25) is 0 Å². The lowest BCUT2D eigenvalue weighted by Crippen LogP contribution is -2.22. The van der Waals surface area contributed by atoms with Crippen molar-refractivity contribution in [3.8, 4) is 5.75 Å². The Morgan fingerprint density at radius 1 is 1.29 bits per heavy atom. The predicted molar refractivity (Wildman–Crippen MR) is 126 cm³/mol. The minimum Gasteiger partial charge on any atom is -0.497 e. The van der Waals surface area contributed by atoms with Crippen molar-refractivity contribution in [2.45, 2.75) is 18.8 Å². The zero-order chi connectivity index (χ0) is 25.2. The fourth-order valence-corrected chi connectivity index (χ4v) is 4.30. The van der Waals surface area contributed by atoms with Crippen LogP contribution in [0.3, 0.4) is 0 Å². The predicted octanol–water partition coefficient (Wildman–Crippen LogP) is 3.03. The maximum Gasteiger partial charge on any atom is 0.416 e. The number of aliphatic hydroxyl groups excluding tert-OH is 2. The Bertz CT molecular complexity index is 1320. The smallest absolute Gasteiger partial charge is 0.416 e. The zero-order valence-electron chi connectivity index (χ0n) is 18.4. The van der Waals surface area contributed by atoms with Gasteiger partial charge in [0, 0.05) is 5.39 Å². The number of carbonyl (C=O) groups excluding carboxylic acids is 1. The van der Waals surface area contributed by atoms with Gasteiger partial charge in [-0.05, 0) is 53.2 Å². The van der Waals surface area contributed by atoms with Gasteiger partial charge in [0.15, 0.2) is 5.17 Å². The summed E-state index contributed by atoms with van der Waals surface area (Å²) in [5.74, 6) is -0.224. The number of ether oxygens (including phenoxy) is 1. The molecule has 1 aliphatic heterocycles. The Hall–Kier alpha value is -3.35. The number of benzene rings is 2. The third kappa shape index (κ3) is 5.66. The molecule has 1 amide bonds. The number of halogens is 3. The number of methoxy groups -OCH3 is 1. The van der Waals surface area contributed by atoms with Crippen LogP contribution in [0.4, 0.5) is 13.2 Å². The van der Waals surface area contributed by atoms with Gasteiger partial charge in [-0.3, -0.25) is 14.5 Å². The van der Waals surface area contributed by atoms with Crippen molar-refractivity contribution in [2.75, 3.05) is 20.3 Å². The molecular weight excluding hydrogens is 485 g/mol. The molecule has 184 valence electrons. The Kier molecular flexibility index (Phi) is 7.15. The highest BCUT2D eigenvalue weighted by molar-refractivity contribution is 8.18. The van der Waals surface area contributed by atoms with Crippen LogP contribution >= 0.6 is 11.8 Å². The van der Waals surface area contributed by atoms with Gasteiger partial charge in [0.1, 0.15) is 5.75 Å². The van der Waals surface area contributed by atoms with E-state index in [9.17, 15) is 23.1 Å². The van der Waals surface area contributed by atoms with Crippen LogP contribution in [0.1, 0.15) is 16.7 Å². The summed E-state index contributed by atoms with van der Waals surface area (Å²) in [5, 5.41) is 26.1. The van der Waals surface area contributed by atoms with Crippen molar-refractivity contribution in [3.63, 3.8) is 0 Å². The lowest BCUT2D eigenvalue weighted by Gasteiger charge is -2.14. The normalized spacial score (nSPS) is 17.4. The number of alkyl halides is 3. The highest BCUT2D eigenvalue weighted by Gasteiger charge is 2.34. The molecule has 2 heterocycles. The van der Waals surface area contributed by atoms with Gasteiger partial charge < -0.3 is 20.3 Å².